The molecular weight excluding hydrogens is 360 g/mol. The number of rotatable bonds is 3. The second kappa shape index (κ2) is 6.36. The van der Waals surface area contributed by atoms with Gasteiger partial charge in [-0.3, -0.25) is 4.79 Å². The van der Waals surface area contributed by atoms with Gasteiger partial charge >= 0.3 is 0 Å². The minimum Gasteiger partial charge on any atom is -0.313 e. The van der Waals surface area contributed by atoms with Gasteiger partial charge in [-0.2, -0.15) is 0 Å². The molecule has 2 heterocycles. The lowest BCUT2D eigenvalue weighted by Crippen LogP contribution is -2.11. The van der Waals surface area contributed by atoms with Crippen LogP contribution in [-0.4, -0.2) is 10.9 Å². The Balaban J connectivity index is 1.68. The van der Waals surface area contributed by atoms with Gasteiger partial charge in [0.1, 0.15) is 10.0 Å². The molecule has 118 valence electrons. The van der Waals surface area contributed by atoms with Crippen LogP contribution in [0.2, 0.25) is 5.02 Å². The van der Waals surface area contributed by atoms with E-state index in [9.17, 15) is 4.79 Å². The number of carbonyl (C=O) groups is 1. The SMILES string of the molecule is O=C(Nc1sccc1-c1nc2ccccc2s1)c1ccccc1Cl. The number of amides is 1. The molecule has 0 bridgehead atoms. The Kier molecular flexibility index (Phi) is 4.06. The maximum Gasteiger partial charge on any atom is 0.257 e. The topological polar surface area (TPSA) is 42.0 Å². The first-order chi connectivity index (χ1) is 11.7. The number of thiazole rings is 1. The Morgan fingerprint density at radius 2 is 1.83 bits per heavy atom. The van der Waals surface area contributed by atoms with E-state index in [1.54, 1.807) is 35.6 Å². The molecule has 2 aromatic carbocycles. The molecule has 24 heavy (non-hydrogen) atoms. The van der Waals surface area contributed by atoms with E-state index in [0.717, 1.165) is 25.8 Å². The van der Waals surface area contributed by atoms with E-state index in [1.165, 1.54) is 11.3 Å². The van der Waals surface area contributed by atoms with Crippen molar-refractivity contribution < 1.29 is 4.79 Å². The molecule has 3 nitrogen and oxygen atoms in total. The Bertz CT molecular complexity index is 1010. The minimum atomic E-state index is -0.217. The van der Waals surface area contributed by atoms with Crippen LogP contribution >= 0.6 is 34.3 Å². The highest BCUT2D eigenvalue weighted by atomic mass is 35.5. The molecular formula is C18H11ClN2OS2. The predicted octanol–water partition coefficient (Wildman–Crippen LogP) is 5.93. The van der Waals surface area contributed by atoms with E-state index in [0.29, 0.717) is 10.6 Å². The number of fused-ring (bicyclic) bond motifs is 1. The Hall–Kier alpha value is -2.21. The van der Waals surface area contributed by atoms with E-state index in [2.05, 4.69) is 10.3 Å². The lowest BCUT2D eigenvalue weighted by molar-refractivity contribution is 0.102. The molecule has 4 aromatic rings. The molecule has 1 N–H and O–H groups in total. The fourth-order valence-electron chi connectivity index (χ4n) is 2.38. The average Bonchev–Trinajstić information content (AvgIpc) is 3.21. The number of hydrogen-bond donors (Lipinski definition) is 1. The average molecular weight is 371 g/mol. The monoisotopic (exact) mass is 370 g/mol. The standard InChI is InChI=1S/C18H11ClN2OS2/c19-13-6-2-1-5-11(13)16(22)21-17-12(9-10-23-17)18-20-14-7-3-4-8-15(14)24-18/h1-10H,(H,21,22). The van der Waals surface area contributed by atoms with Crippen LogP contribution in [-0.2, 0) is 0 Å². The molecule has 0 aliphatic heterocycles. The quantitative estimate of drug-likeness (QED) is 0.485. The van der Waals surface area contributed by atoms with Gasteiger partial charge in [0, 0.05) is 5.56 Å². The van der Waals surface area contributed by atoms with Gasteiger partial charge in [-0.1, -0.05) is 35.9 Å². The molecule has 0 atom stereocenters. The number of nitrogens with zero attached hydrogens (tertiary/aromatic N) is 1. The third-order valence-corrected chi connectivity index (χ3v) is 5.76. The minimum absolute atomic E-state index is 0.217. The van der Waals surface area contributed by atoms with Crippen molar-refractivity contribution in [1.29, 1.82) is 0 Å². The van der Waals surface area contributed by atoms with Gasteiger partial charge in [0.05, 0.1) is 20.8 Å². The molecule has 0 radical (unpaired) electrons. The molecule has 1 amide bonds. The van der Waals surface area contributed by atoms with E-state index >= 15 is 0 Å². The van der Waals surface area contributed by atoms with Crippen LogP contribution in [0.4, 0.5) is 5.00 Å². The highest BCUT2D eigenvalue weighted by Gasteiger charge is 2.16. The summed E-state index contributed by atoms with van der Waals surface area (Å²) in [6.45, 7) is 0. The van der Waals surface area contributed by atoms with E-state index in [4.69, 9.17) is 11.6 Å². The smallest absolute Gasteiger partial charge is 0.257 e. The Labute approximate surface area is 151 Å². The second-order valence-corrected chi connectivity index (χ2v) is 7.44. The molecule has 0 saturated carbocycles. The predicted molar refractivity (Wildman–Crippen MR) is 102 cm³/mol. The molecule has 0 fully saturated rings. The summed E-state index contributed by atoms with van der Waals surface area (Å²) in [6.07, 6.45) is 0. The Morgan fingerprint density at radius 1 is 1.04 bits per heavy atom. The maximum absolute atomic E-state index is 12.5. The third-order valence-electron chi connectivity index (χ3n) is 3.54. The fourth-order valence-corrected chi connectivity index (χ4v) is 4.44. The zero-order valence-electron chi connectivity index (χ0n) is 12.3. The second-order valence-electron chi connectivity index (χ2n) is 5.08. The van der Waals surface area contributed by atoms with Crippen LogP contribution in [0.5, 0.6) is 0 Å². The molecule has 0 unspecified atom stereocenters. The zero-order chi connectivity index (χ0) is 16.5. The lowest BCUT2D eigenvalue weighted by Gasteiger charge is -2.06. The highest BCUT2D eigenvalue weighted by molar-refractivity contribution is 7.22. The number of benzene rings is 2. The summed E-state index contributed by atoms with van der Waals surface area (Å²) in [5.41, 5.74) is 2.36. The summed E-state index contributed by atoms with van der Waals surface area (Å²) in [4.78, 5) is 17.1. The summed E-state index contributed by atoms with van der Waals surface area (Å²) in [5.74, 6) is -0.217. The molecule has 0 aliphatic rings. The first kappa shape index (κ1) is 15.3. The largest absolute Gasteiger partial charge is 0.313 e. The van der Waals surface area contributed by atoms with Crippen LogP contribution in [0, 0.1) is 0 Å². The highest BCUT2D eigenvalue weighted by Crippen LogP contribution is 2.38. The van der Waals surface area contributed by atoms with Crippen molar-refractivity contribution >= 4 is 55.4 Å². The number of thiophene rings is 1. The van der Waals surface area contributed by atoms with Crippen LogP contribution in [0.25, 0.3) is 20.8 Å². The fraction of sp³-hybridized carbons (Fsp3) is 0. The molecule has 2 aromatic heterocycles. The molecule has 6 heteroatoms. The van der Waals surface area contributed by atoms with Crippen molar-refractivity contribution in [2.24, 2.45) is 0 Å². The van der Waals surface area contributed by atoms with Crippen LogP contribution < -0.4 is 5.32 Å². The summed E-state index contributed by atoms with van der Waals surface area (Å²) < 4.78 is 1.13. The van der Waals surface area contributed by atoms with E-state index < -0.39 is 0 Å². The summed E-state index contributed by atoms with van der Waals surface area (Å²) in [6, 6.07) is 17.0. The number of carbonyl (C=O) groups excluding carboxylic acids is 1. The molecule has 4 rings (SSSR count). The van der Waals surface area contributed by atoms with E-state index in [1.807, 2.05) is 35.7 Å². The third kappa shape index (κ3) is 2.82. The van der Waals surface area contributed by atoms with Gasteiger partial charge in [-0.25, -0.2) is 4.98 Å². The molecule has 0 saturated heterocycles. The van der Waals surface area contributed by atoms with Crippen LogP contribution in [0.1, 0.15) is 10.4 Å². The van der Waals surface area contributed by atoms with Gasteiger partial charge in [-0.15, -0.1) is 22.7 Å². The number of aromatic nitrogens is 1. The van der Waals surface area contributed by atoms with E-state index in [-0.39, 0.29) is 5.91 Å². The summed E-state index contributed by atoms with van der Waals surface area (Å²) >= 11 is 9.19. The number of anilines is 1. The van der Waals surface area contributed by atoms with Gasteiger partial charge in [0.25, 0.3) is 5.91 Å². The lowest BCUT2D eigenvalue weighted by atomic mass is 10.2. The summed E-state index contributed by atoms with van der Waals surface area (Å²) in [7, 11) is 0. The summed E-state index contributed by atoms with van der Waals surface area (Å²) in [5, 5.41) is 7.01. The first-order valence-corrected chi connectivity index (χ1v) is 9.29. The number of nitrogens with one attached hydrogen (secondary N) is 1. The normalized spacial score (nSPS) is 10.9. The zero-order valence-corrected chi connectivity index (χ0v) is 14.7. The van der Waals surface area contributed by atoms with Crippen molar-refractivity contribution in [3.8, 4) is 10.6 Å². The molecule has 0 aliphatic carbocycles. The van der Waals surface area contributed by atoms with Crippen LogP contribution in [0.15, 0.2) is 60.0 Å². The van der Waals surface area contributed by atoms with Crippen LogP contribution in [0.3, 0.4) is 0 Å². The Morgan fingerprint density at radius 3 is 2.67 bits per heavy atom. The number of halogens is 1. The number of hydrogen-bond acceptors (Lipinski definition) is 4. The van der Waals surface area contributed by atoms with Crippen molar-refractivity contribution in [3.63, 3.8) is 0 Å². The maximum atomic E-state index is 12.5. The van der Waals surface area contributed by atoms with Crippen molar-refractivity contribution in [2.75, 3.05) is 5.32 Å². The first-order valence-electron chi connectivity index (χ1n) is 7.22. The van der Waals surface area contributed by atoms with Crippen molar-refractivity contribution in [2.45, 2.75) is 0 Å². The van der Waals surface area contributed by atoms with Crippen molar-refractivity contribution in [1.82, 2.24) is 4.98 Å². The van der Waals surface area contributed by atoms with Gasteiger partial charge in [0.15, 0.2) is 0 Å². The van der Waals surface area contributed by atoms with Gasteiger partial charge < -0.3 is 5.32 Å². The van der Waals surface area contributed by atoms with Crippen molar-refractivity contribution in [3.05, 3.63) is 70.6 Å². The van der Waals surface area contributed by atoms with Gasteiger partial charge in [-0.05, 0) is 35.7 Å². The number of para-hydroxylation sites is 1. The van der Waals surface area contributed by atoms with Gasteiger partial charge in [0.2, 0.25) is 0 Å². The molecule has 0 spiro atoms.